The molecule has 0 unspecified atom stereocenters. The molecule has 2 heterocycles. The van der Waals surface area contributed by atoms with E-state index in [1.54, 1.807) is 0 Å². The summed E-state index contributed by atoms with van der Waals surface area (Å²) in [5.74, 6) is 1.78. The van der Waals surface area contributed by atoms with Gasteiger partial charge in [-0.15, -0.1) is 0 Å². The zero-order chi connectivity index (χ0) is 16.0. The lowest BCUT2D eigenvalue weighted by Crippen LogP contribution is -2.17. The van der Waals surface area contributed by atoms with Crippen molar-refractivity contribution in [2.24, 2.45) is 0 Å². The minimum Gasteiger partial charge on any atom is -0.493 e. The summed E-state index contributed by atoms with van der Waals surface area (Å²) in [4.78, 5) is 4.34. The first-order valence-electron chi connectivity index (χ1n) is 7.94. The number of benzene rings is 1. The van der Waals surface area contributed by atoms with Crippen molar-refractivity contribution in [3.8, 4) is 5.75 Å². The third-order valence-electron chi connectivity index (χ3n) is 4.79. The molecule has 0 spiro atoms. The molecular formula is C19H19ClN2O. The average Bonchev–Trinajstić information content (AvgIpc) is 3.18. The second-order valence-corrected chi connectivity index (χ2v) is 6.85. The van der Waals surface area contributed by atoms with Crippen LogP contribution in [-0.4, -0.2) is 11.6 Å². The van der Waals surface area contributed by atoms with E-state index in [-0.39, 0.29) is 5.41 Å². The summed E-state index contributed by atoms with van der Waals surface area (Å²) < 4.78 is 5.61. The van der Waals surface area contributed by atoms with Gasteiger partial charge >= 0.3 is 0 Å². The van der Waals surface area contributed by atoms with Crippen LogP contribution in [-0.2, 0) is 11.8 Å². The van der Waals surface area contributed by atoms with Crippen molar-refractivity contribution in [3.63, 3.8) is 0 Å². The molecule has 0 saturated heterocycles. The molecule has 1 fully saturated rings. The molecule has 1 N–H and O–H groups in total. The molecule has 4 rings (SSSR count). The summed E-state index contributed by atoms with van der Waals surface area (Å²) in [7, 11) is 0. The zero-order valence-electron chi connectivity index (χ0n) is 13.2. The Morgan fingerprint density at radius 2 is 2.13 bits per heavy atom. The van der Waals surface area contributed by atoms with Crippen molar-refractivity contribution in [3.05, 3.63) is 64.5 Å². The normalized spacial score (nSPS) is 17.3. The molecule has 1 saturated carbocycles. The third-order valence-corrected chi connectivity index (χ3v) is 4.98. The monoisotopic (exact) mass is 326 g/mol. The van der Waals surface area contributed by atoms with Gasteiger partial charge < -0.3 is 10.1 Å². The molecule has 0 radical (unpaired) electrons. The van der Waals surface area contributed by atoms with Gasteiger partial charge in [0.2, 0.25) is 0 Å². The highest BCUT2D eigenvalue weighted by atomic mass is 35.5. The number of hydrogen-bond acceptors (Lipinski definition) is 3. The number of aromatic nitrogens is 1. The van der Waals surface area contributed by atoms with E-state index in [2.05, 4.69) is 35.1 Å². The van der Waals surface area contributed by atoms with Crippen LogP contribution in [0.3, 0.4) is 0 Å². The van der Waals surface area contributed by atoms with E-state index in [9.17, 15) is 0 Å². The molecule has 0 bridgehead atoms. The summed E-state index contributed by atoms with van der Waals surface area (Å²) in [5.41, 5.74) is 4.71. The molecule has 0 atom stereocenters. The molecule has 1 aromatic heterocycles. The molecule has 23 heavy (non-hydrogen) atoms. The smallest absolute Gasteiger partial charge is 0.132 e. The van der Waals surface area contributed by atoms with Crippen LogP contribution in [0.4, 0.5) is 5.82 Å². The Morgan fingerprint density at radius 3 is 2.87 bits per heavy atom. The minimum atomic E-state index is 0.00945. The van der Waals surface area contributed by atoms with Crippen LogP contribution in [0.2, 0.25) is 5.15 Å². The molecule has 1 aliphatic carbocycles. The Labute approximate surface area is 141 Å². The van der Waals surface area contributed by atoms with Gasteiger partial charge in [-0.2, -0.15) is 0 Å². The third kappa shape index (κ3) is 2.59. The quantitative estimate of drug-likeness (QED) is 0.831. The number of fused-ring (bicyclic) bond motifs is 1. The first-order chi connectivity index (χ1) is 11.1. The molecule has 1 aliphatic heterocycles. The highest BCUT2D eigenvalue weighted by molar-refractivity contribution is 6.29. The van der Waals surface area contributed by atoms with E-state index < -0.39 is 0 Å². The fourth-order valence-corrected chi connectivity index (χ4v) is 3.60. The van der Waals surface area contributed by atoms with Crippen LogP contribution in [0.5, 0.6) is 5.75 Å². The highest BCUT2D eigenvalue weighted by Gasteiger charge is 2.47. The van der Waals surface area contributed by atoms with E-state index in [1.807, 2.05) is 19.1 Å². The van der Waals surface area contributed by atoms with E-state index in [1.165, 1.54) is 11.1 Å². The number of ether oxygens (including phenoxy) is 1. The molecular weight excluding hydrogens is 308 g/mol. The van der Waals surface area contributed by atoms with Crippen LogP contribution < -0.4 is 10.1 Å². The van der Waals surface area contributed by atoms with Crippen LogP contribution >= 0.6 is 11.6 Å². The van der Waals surface area contributed by atoms with Gasteiger partial charge in [0.15, 0.2) is 0 Å². The van der Waals surface area contributed by atoms with Gasteiger partial charge in [0.1, 0.15) is 16.7 Å². The van der Waals surface area contributed by atoms with Crippen molar-refractivity contribution in [1.29, 1.82) is 0 Å². The number of pyridine rings is 1. The Balaban J connectivity index is 1.60. The Kier molecular flexibility index (Phi) is 3.34. The summed E-state index contributed by atoms with van der Waals surface area (Å²) in [6.45, 7) is 7.09. The van der Waals surface area contributed by atoms with Gasteiger partial charge in [-0.05, 0) is 54.7 Å². The lowest BCUT2D eigenvalue weighted by molar-refractivity contribution is 0.357. The summed E-state index contributed by atoms with van der Waals surface area (Å²) in [5, 5.41) is 3.87. The average molecular weight is 327 g/mol. The largest absolute Gasteiger partial charge is 0.493 e. The number of allylic oxidation sites excluding steroid dienone is 1. The van der Waals surface area contributed by atoms with Crippen LogP contribution in [0.1, 0.15) is 29.5 Å². The van der Waals surface area contributed by atoms with Crippen molar-refractivity contribution in [1.82, 2.24) is 4.98 Å². The maximum atomic E-state index is 6.05. The predicted molar refractivity (Wildman–Crippen MR) is 93.3 cm³/mol. The fourth-order valence-electron chi connectivity index (χ4n) is 3.34. The number of nitrogens with one attached hydrogen (secondary N) is 1. The Morgan fingerprint density at radius 1 is 1.30 bits per heavy atom. The van der Waals surface area contributed by atoms with Gasteiger partial charge in [0.25, 0.3) is 0 Å². The van der Waals surface area contributed by atoms with Crippen molar-refractivity contribution in [2.75, 3.05) is 11.9 Å². The second-order valence-electron chi connectivity index (χ2n) is 6.46. The van der Waals surface area contributed by atoms with Crippen molar-refractivity contribution < 1.29 is 4.74 Å². The molecule has 1 aromatic carbocycles. The van der Waals surface area contributed by atoms with Crippen LogP contribution in [0.25, 0.3) is 0 Å². The maximum absolute atomic E-state index is 6.05. The SMILES string of the molecule is C=C(Nc1cc(C)cc(Cl)n1)C1(c2ccc3c(c2)CCO3)CC1. The number of anilines is 1. The van der Waals surface area contributed by atoms with Gasteiger partial charge in [0, 0.05) is 17.5 Å². The molecule has 2 aliphatic rings. The van der Waals surface area contributed by atoms with E-state index in [0.29, 0.717) is 5.15 Å². The Bertz CT molecular complexity index is 776. The zero-order valence-corrected chi connectivity index (χ0v) is 13.9. The number of rotatable bonds is 4. The molecule has 118 valence electrons. The Hall–Kier alpha value is -2.00. The summed E-state index contributed by atoms with van der Waals surface area (Å²) >= 11 is 6.05. The summed E-state index contributed by atoms with van der Waals surface area (Å²) in [6.07, 6.45) is 3.21. The minimum absolute atomic E-state index is 0.00945. The number of nitrogens with zero attached hydrogens (tertiary/aromatic N) is 1. The molecule has 0 amide bonds. The van der Waals surface area contributed by atoms with Crippen LogP contribution in [0.15, 0.2) is 42.6 Å². The second kappa shape index (κ2) is 5.27. The molecule has 2 aromatic rings. The molecule has 3 nitrogen and oxygen atoms in total. The van der Waals surface area contributed by atoms with E-state index in [0.717, 1.165) is 48.7 Å². The van der Waals surface area contributed by atoms with E-state index in [4.69, 9.17) is 16.3 Å². The van der Waals surface area contributed by atoms with Crippen molar-refractivity contribution >= 4 is 17.4 Å². The van der Waals surface area contributed by atoms with Gasteiger partial charge in [-0.3, -0.25) is 0 Å². The topological polar surface area (TPSA) is 34.2 Å². The first-order valence-corrected chi connectivity index (χ1v) is 8.31. The first kappa shape index (κ1) is 14.6. The molecule has 4 heteroatoms. The van der Waals surface area contributed by atoms with Crippen molar-refractivity contribution in [2.45, 2.75) is 31.6 Å². The van der Waals surface area contributed by atoms with E-state index >= 15 is 0 Å². The van der Waals surface area contributed by atoms with Gasteiger partial charge in [-0.1, -0.05) is 30.3 Å². The number of hydrogen-bond donors (Lipinski definition) is 1. The number of aryl methyl sites for hydroxylation is 1. The number of halogens is 1. The van der Waals surface area contributed by atoms with Crippen LogP contribution in [0, 0.1) is 6.92 Å². The fraction of sp³-hybridized carbons (Fsp3) is 0.316. The highest BCUT2D eigenvalue weighted by Crippen LogP contribution is 2.54. The van der Waals surface area contributed by atoms with Gasteiger partial charge in [-0.25, -0.2) is 4.98 Å². The lowest BCUT2D eigenvalue weighted by atomic mass is 9.91. The van der Waals surface area contributed by atoms with Gasteiger partial charge in [0.05, 0.1) is 6.61 Å². The lowest BCUT2D eigenvalue weighted by Gasteiger charge is -2.21. The maximum Gasteiger partial charge on any atom is 0.132 e. The predicted octanol–water partition coefficient (Wildman–Crippen LogP) is 4.64. The standard InChI is InChI=1S/C19H19ClN2O/c1-12-9-17(20)22-18(10-12)21-13(2)19(6-7-19)15-3-4-16-14(11-15)5-8-23-16/h3-4,9-11H,2,5-8H2,1H3,(H,21,22). The summed E-state index contributed by atoms with van der Waals surface area (Å²) in [6, 6.07) is 10.4.